The van der Waals surface area contributed by atoms with Crippen molar-refractivity contribution >= 4 is 5.91 Å². The second-order valence-electron chi connectivity index (χ2n) is 5.95. The maximum atomic E-state index is 12.5. The fourth-order valence-corrected chi connectivity index (χ4v) is 2.25. The summed E-state index contributed by atoms with van der Waals surface area (Å²) in [6, 6.07) is 0.600. The standard InChI is InChI=1S/C16H34N2O/c1-6-8-12-18(15(5)7-2)16(19)13(3)10-9-11-14(4)17/h13-15H,6-12,17H2,1-5H3. The van der Waals surface area contributed by atoms with Crippen molar-refractivity contribution < 1.29 is 4.79 Å². The van der Waals surface area contributed by atoms with Gasteiger partial charge in [-0.05, 0) is 39.5 Å². The molecule has 114 valence electrons. The van der Waals surface area contributed by atoms with E-state index in [2.05, 4.69) is 32.6 Å². The third kappa shape index (κ3) is 7.56. The number of hydrogen-bond acceptors (Lipinski definition) is 2. The van der Waals surface area contributed by atoms with Crippen molar-refractivity contribution in [1.29, 1.82) is 0 Å². The number of nitrogens with two attached hydrogens (primary N) is 1. The highest BCUT2D eigenvalue weighted by Gasteiger charge is 2.23. The van der Waals surface area contributed by atoms with E-state index in [0.29, 0.717) is 11.9 Å². The molecule has 3 nitrogen and oxygen atoms in total. The van der Waals surface area contributed by atoms with Crippen LogP contribution in [0.15, 0.2) is 0 Å². The van der Waals surface area contributed by atoms with Crippen LogP contribution in [0.2, 0.25) is 0 Å². The molecule has 0 saturated heterocycles. The van der Waals surface area contributed by atoms with E-state index in [4.69, 9.17) is 5.73 Å². The van der Waals surface area contributed by atoms with E-state index in [1.807, 2.05) is 6.92 Å². The molecule has 19 heavy (non-hydrogen) atoms. The molecule has 1 amide bonds. The Bertz CT molecular complexity index is 241. The fourth-order valence-electron chi connectivity index (χ4n) is 2.25. The van der Waals surface area contributed by atoms with Gasteiger partial charge in [0.15, 0.2) is 0 Å². The van der Waals surface area contributed by atoms with Gasteiger partial charge in [0.05, 0.1) is 0 Å². The molecule has 0 radical (unpaired) electrons. The van der Waals surface area contributed by atoms with Gasteiger partial charge in [0.2, 0.25) is 5.91 Å². The summed E-state index contributed by atoms with van der Waals surface area (Å²) in [6.07, 6.45) is 6.28. The average Bonchev–Trinajstić information content (AvgIpc) is 2.37. The van der Waals surface area contributed by atoms with Crippen LogP contribution in [0.1, 0.15) is 73.1 Å². The summed E-state index contributed by atoms with van der Waals surface area (Å²) in [7, 11) is 0. The van der Waals surface area contributed by atoms with Crippen molar-refractivity contribution in [2.75, 3.05) is 6.54 Å². The monoisotopic (exact) mass is 270 g/mol. The lowest BCUT2D eigenvalue weighted by atomic mass is 9.99. The molecule has 3 unspecified atom stereocenters. The summed E-state index contributed by atoms with van der Waals surface area (Å²) in [4.78, 5) is 14.6. The first kappa shape index (κ1) is 18.4. The fraction of sp³-hybridized carbons (Fsp3) is 0.938. The minimum Gasteiger partial charge on any atom is -0.340 e. The van der Waals surface area contributed by atoms with Gasteiger partial charge in [-0.3, -0.25) is 4.79 Å². The summed E-state index contributed by atoms with van der Waals surface area (Å²) in [5, 5.41) is 0. The zero-order valence-electron chi connectivity index (χ0n) is 13.6. The van der Waals surface area contributed by atoms with Gasteiger partial charge in [0, 0.05) is 24.5 Å². The highest BCUT2D eigenvalue weighted by molar-refractivity contribution is 5.78. The molecule has 3 heteroatoms. The van der Waals surface area contributed by atoms with Crippen molar-refractivity contribution in [3.63, 3.8) is 0 Å². The van der Waals surface area contributed by atoms with Crippen LogP contribution < -0.4 is 5.73 Å². The van der Waals surface area contributed by atoms with E-state index in [1.54, 1.807) is 0 Å². The van der Waals surface area contributed by atoms with Crippen LogP contribution in [0.5, 0.6) is 0 Å². The molecule has 0 aliphatic rings. The van der Waals surface area contributed by atoms with Crippen LogP contribution in [-0.2, 0) is 4.79 Å². The largest absolute Gasteiger partial charge is 0.340 e. The quantitative estimate of drug-likeness (QED) is 0.659. The molecule has 0 aliphatic carbocycles. The molecule has 0 saturated carbocycles. The zero-order valence-corrected chi connectivity index (χ0v) is 13.6. The van der Waals surface area contributed by atoms with Gasteiger partial charge >= 0.3 is 0 Å². The topological polar surface area (TPSA) is 46.3 Å². The van der Waals surface area contributed by atoms with Crippen LogP contribution in [0.4, 0.5) is 0 Å². The van der Waals surface area contributed by atoms with E-state index in [0.717, 1.165) is 45.1 Å². The summed E-state index contributed by atoms with van der Waals surface area (Å²) >= 11 is 0. The maximum Gasteiger partial charge on any atom is 0.225 e. The molecule has 3 atom stereocenters. The van der Waals surface area contributed by atoms with E-state index in [-0.39, 0.29) is 12.0 Å². The summed E-state index contributed by atoms with van der Waals surface area (Å²) < 4.78 is 0. The second-order valence-corrected chi connectivity index (χ2v) is 5.95. The molecular weight excluding hydrogens is 236 g/mol. The van der Waals surface area contributed by atoms with E-state index < -0.39 is 0 Å². The number of nitrogens with zero attached hydrogens (tertiary/aromatic N) is 1. The third-order valence-electron chi connectivity index (χ3n) is 3.88. The molecule has 0 rings (SSSR count). The van der Waals surface area contributed by atoms with E-state index in [9.17, 15) is 4.79 Å². The molecule has 0 heterocycles. The van der Waals surface area contributed by atoms with E-state index >= 15 is 0 Å². The van der Waals surface area contributed by atoms with Gasteiger partial charge in [0.25, 0.3) is 0 Å². The minimum absolute atomic E-state index is 0.129. The third-order valence-corrected chi connectivity index (χ3v) is 3.88. The molecule has 0 aromatic rings. The van der Waals surface area contributed by atoms with Crippen molar-refractivity contribution in [2.24, 2.45) is 11.7 Å². The van der Waals surface area contributed by atoms with Gasteiger partial charge in [0.1, 0.15) is 0 Å². The van der Waals surface area contributed by atoms with Crippen LogP contribution in [0.3, 0.4) is 0 Å². The molecule has 0 fully saturated rings. The first-order valence-corrected chi connectivity index (χ1v) is 8.00. The Balaban J connectivity index is 4.34. The first-order chi connectivity index (χ1) is 8.93. The Hall–Kier alpha value is -0.570. The number of hydrogen-bond donors (Lipinski definition) is 1. The maximum absolute atomic E-state index is 12.5. The second kappa shape index (κ2) is 10.2. The average molecular weight is 270 g/mol. The lowest BCUT2D eigenvalue weighted by Crippen LogP contribution is -2.42. The lowest BCUT2D eigenvalue weighted by molar-refractivity contribution is -0.137. The Kier molecular flexibility index (Phi) is 9.94. The number of unbranched alkanes of at least 4 members (excludes halogenated alkanes) is 1. The molecule has 0 bridgehead atoms. The number of amides is 1. The number of carbonyl (C=O) groups excluding carboxylic acids is 1. The van der Waals surface area contributed by atoms with Gasteiger partial charge in [-0.25, -0.2) is 0 Å². The van der Waals surface area contributed by atoms with Crippen LogP contribution in [0.25, 0.3) is 0 Å². The predicted molar refractivity (Wildman–Crippen MR) is 83.0 cm³/mol. The minimum atomic E-state index is 0.129. The van der Waals surface area contributed by atoms with E-state index in [1.165, 1.54) is 0 Å². The van der Waals surface area contributed by atoms with Crippen LogP contribution in [-0.4, -0.2) is 29.4 Å². The molecule has 0 aromatic carbocycles. The summed E-state index contributed by atoms with van der Waals surface area (Å²) in [5.41, 5.74) is 5.75. The van der Waals surface area contributed by atoms with Gasteiger partial charge in [-0.1, -0.05) is 33.6 Å². The molecule has 0 aromatic heterocycles. The van der Waals surface area contributed by atoms with Crippen molar-refractivity contribution in [2.45, 2.75) is 85.2 Å². The molecule has 2 N–H and O–H groups in total. The smallest absolute Gasteiger partial charge is 0.225 e. The number of rotatable bonds is 10. The van der Waals surface area contributed by atoms with Crippen LogP contribution >= 0.6 is 0 Å². The molecule has 0 aliphatic heterocycles. The van der Waals surface area contributed by atoms with Gasteiger partial charge in [-0.15, -0.1) is 0 Å². The number of carbonyl (C=O) groups is 1. The van der Waals surface area contributed by atoms with Gasteiger partial charge < -0.3 is 10.6 Å². The Labute approximate surface area is 119 Å². The summed E-state index contributed by atoms with van der Waals surface area (Å²) in [5.74, 6) is 0.456. The van der Waals surface area contributed by atoms with Gasteiger partial charge in [-0.2, -0.15) is 0 Å². The van der Waals surface area contributed by atoms with Crippen molar-refractivity contribution in [3.05, 3.63) is 0 Å². The highest BCUT2D eigenvalue weighted by atomic mass is 16.2. The summed E-state index contributed by atoms with van der Waals surface area (Å²) in [6.45, 7) is 11.5. The highest BCUT2D eigenvalue weighted by Crippen LogP contribution is 2.16. The normalized spacial score (nSPS) is 15.9. The zero-order chi connectivity index (χ0) is 14.8. The molecule has 0 spiro atoms. The predicted octanol–water partition coefficient (Wildman–Crippen LogP) is 3.57. The Morgan fingerprint density at radius 1 is 1.11 bits per heavy atom. The van der Waals surface area contributed by atoms with Crippen molar-refractivity contribution in [1.82, 2.24) is 4.90 Å². The van der Waals surface area contributed by atoms with Crippen LogP contribution in [0, 0.1) is 5.92 Å². The Morgan fingerprint density at radius 3 is 2.21 bits per heavy atom. The first-order valence-electron chi connectivity index (χ1n) is 8.00. The van der Waals surface area contributed by atoms with Crippen molar-refractivity contribution in [3.8, 4) is 0 Å². The SMILES string of the molecule is CCCCN(C(=O)C(C)CCCC(C)N)C(C)CC. The lowest BCUT2D eigenvalue weighted by Gasteiger charge is -2.31. The molecular formula is C16H34N2O. The Morgan fingerprint density at radius 2 is 1.74 bits per heavy atom.